The molecule has 0 aliphatic heterocycles. The summed E-state index contributed by atoms with van der Waals surface area (Å²) in [6.45, 7) is 0.685. The Morgan fingerprint density at radius 3 is 2.83 bits per heavy atom. The van der Waals surface area contributed by atoms with Crippen molar-refractivity contribution in [2.45, 2.75) is 19.3 Å². The number of fused-ring (bicyclic) bond motifs is 1. The predicted octanol–water partition coefficient (Wildman–Crippen LogP) is 4.68. The summed E-state index contributed by atoms with van der Waals surface area (Å²) in [5, 5.41) is 1.63. The Kier molecular flexibility index (Phi) is 5.09. The molecule has 0 N–H and O–H groups in total. The van der Waals surface area contributed by atoms with Crippen molar-refractivity contribution in [2.75, 3.05) is 12.5 Å². The molecule has 2 rings (SSSR count). The lowest BCUT2D eigenvalue weighted by atomic mass is 10.2. The highest BCUT2D eigenvalue weighted by atomic mass is 35.5. The van der Waals surface area contributed by atoms with Crippen molar-refractivity contribution in [3.8, 4) is 5.75 Å². The maximum atomic E-state index is 6.12. The highest BCUT2D eigenvalue weighted by Gasteiger charge is 2.06. The van der Waals surface area contributed by atoms with Crippen molar-refractivity contribution in [3.63, 3.8) is 0 Å². The molecule has 0 saturated heterocycles. The molecule has 4 heteroatoms. The Balaban J connectivity index is 2.07. The number of aromatic nitrogens is 1. The lowest BCUT2D eigenvalue weighted by Gasteiger charge is -2.09. The maximum absolute atomic E-state index is 6.12. The molecular weight excluding hydrogens is 269 g/mol. The normalized spacial score (nSPS) is 10.8. The Labute approximate surface area is 117 Å². The molecule has 0 aliphatic carbocycles. The molecule has 0 atom stereocenters. The van der Waals surface area contributed by atoms with E-state index in [1.54, 1.807) is 6.20 Å². The zero-order chi connectivity index (χ0) is 12.8. The number of halogens is 2. The van der Waals surface area contributed by atoms with Gasteiger partial charge in [0.15, 0.2) is 0 Å². The SMILES string of the molecule is ClCCCCCOc1ccc(Cl)c2cccnc12. The lowest BCUT2D eigenvalue weighted by Crippen LogP contribution is -1.98. The molecule has 0 fully saturated rings. The second-order valence-electron chi connectivity index (χ2n) is 4.04. The minimum absolute atomic E-state index is 0.685. The Morgan fingerprint density at radius 1 is 1.11 bits per heavy atom. The number of nitrogens with zero attached hydrogens (tertiary/aromatic N) is 1. The average molecular weight is 284 g/mol. The van der Waals surface area contributed by atoms with E-state index in [9.17, 15) is 0 Å². The van der Waals surface area contributed by atoms with Crippen LogP contribution in [-0.2, 0) is 0 Å². The van der Waals surface area contributed by atoms with Crippen LogP contribution in [0, 0.1) is 0 Å². The van der Waals surface area contributed by atoms with Crippen LogP contribution >= 0.6 is 23.2 Å². The van der Waals surface area contributed by atoms with Crippen molar-refractivity contribution < 1.29 is 4.74 Å². The number of alkyl halides is 1. The fourth-order valence-electron chi connectivity index (χ4n) is 1.78. The van der Waals surface area contributed by atoms with Crippen LogP contribution in [0.15, 0.2) is 30.5 Å². The van der Waals surface area contributed by atoms with Crippen LogP contribution in [0.5, 0.6) is 5.75 Å². The molecular formula is C14H15Cl2NO. The second-order valence-corrected chi connectivity index (χ2v) is 4.83. The molecule has 0 aliphatic rings. The van der Waals surface area contributed by atoms with Crippen molar-refractivity contribution in [1.82, 2.24) is 4.98 Å². The Bertz CT molecular complexity index is 516. The zero-order valence-corrected chi connectivity index (χ0v) is 11.5. The largest absolute Gasteiger partial charge is 0.491 e. The van der Waals surface area contributed by atoms with Gasteiger partial charge >= 0.3 is 0 Å². The fourth-order valence-corrected chi connectivity index (χ4v) is 2.19. The number of hydrogen-bond donors (Lipinski definition) is 0. The molecule has 96 valence electrons. The predicted molar refractivity (Wildman–Crippen MR) is 76.8 cm³/mol. The van der Waals surface area contributed by atoms with E-state index in [4.69, 9.17) is 27.9 Å². The van der Waals surface area contributed by atoms with E-state index in [1.807, 2.05) is 24.3 Å². The van der Waals surface area contributed by atoms with Crippen LogP contribution in [0.1, 0.15) is 19.3 Å². The molecule has 0 spiro atoms. The van der Waals surface area contributed by atoms with E-state index in [-0.39, 0.29) is 0 Å². The first-order valence-electron chi connectivity index (χ1n) is 6.05. The van der Waals surface area contributed by atoms with Crippen molar-refractivity contribution in [1.29, 1.82) is 0 Å². The van der Waals surface area contributed by atoms with E-state index in [2.05, 4.69) is 4.98 Å². The number of pyridine rings is 1. The van der Waals surface area contributed by atoms with Gasteiger partial charge in [-0.05, 0) is 43.5 Å². The molecule has 0 radical (unpaired) electrons. The third-order valence-corrected chi connectivity index (χ3v) is 3.31. The third kappa shape index (κ3) is 3.27. The molecule has 18 heavy (non-hydrogen) atoms. The number of unbranched alkanes of at least 4 members (excludes halogenated alkanes) is 2. The van der Waals surface area contributed by atoms with Crippen molar-refractivity contribution in [2.24, 2.45) is 0 Å². The summed E-state index contributed by atoms with van der Waals surface area (Å²) < 4.78 is 5.76. The van der Waals surface area contributed by atoms with Gasteiger partial charge in [0.25, 0.3) is 0 Å². The minimum Gasteiger partial charge on any atom is -0.491 e. The molecule has 1 heterocycles. The van der Waals surface area contributed by atoms with Gasteiger partial charge in [0.05, 0.1) is 11.6 Å². The van der Waals surface area contributed by atoms with Gasteiger partial charge < -0.3 is 4.74 Å². The monoisotopic (exact) mass is 283 g/mol. The van der Waals surface area contributed by atoms with Gasteiger partial charge in [-0.2, -0.15) is 0 Å². The van der Waals surface area contributed by atoms with Gasteiger partial charge in [0.1, 0.15) is 11.3 Å². The number of hydrogen-bond acceptors (Lipinski definition) is 2. The van der Waals surface area contributed by atoms with Gasteiger partial charge in [-0.3, -0.25) is 4.98 Å². The first kappa shape index (κ1) is 13.4. The molecule has 0 unspecified atom stereocenters. The van der Waals surface area contributed by atoms with E-state index in [0.717, 1.165) is 35.9 Å². The summed E-state index contributed by atoms with van der Waals surface area (Å²) in [7, 11) is 0. The molecule has 0 saturated carbocycles. The molecule has 0 amide bonds. The quantitative estimate of drug-likeness (QED) is 0.567. The summed E-state index contributed by atoms with van der Waals surface area (Å²) in [6, 6.07) is 7.54. The molecule has 0 bridgehead atoms. The smallest absolute Gasteiger partial charge is 0.145 e. The van der Waals surface area contributed by atoms with Gasteiger partial charge in [-0.1, -0.05) is 11.6 Å². The Hall–Kier alpha value is -0.990. The summed E-state index contributed by atoms with van der Waals surface area (Å²) in [6.07, 6.45) is 4.87. The summed E-state index contributed by atoms with van der Waals surface area (Å²) in [5.41, 5.74) is 0.822. The van der Waals surface area contributed by atoms with Crippen LogP contribution in [0.2, 0.25) is 5.02 Å². The van der Waals surface area contributed by atoms with Gasteiger partial charge in [-0.25, -0.2) is 0 Å². The van der Waals surface area contributed by atoms with E-state index < -0.39 is 0 Å². The van der Waals surface area contributed by atoms with Crippen LogP contribution < -0.4 is 4.74 Å². The topological polar surface area (TPSA) is 22.1 Å². The first-order chi connectivity index (χ1) is 8.83. The first-order valence-corrected chi connectivity index (χ1v) is 6.96. The van der Waals surface area contributed by atoms with E-state index >= 15 is 0 Å². The summed E-state index contributed by atoms with van der Waals surface area (Å²) in [4.78, 5) is 4.33. The highest BCUT2D eigenvalue weighted by molar-refractivity contribution is 6.35. The van der Waals surface area contributed by atoms with Crippen LogP contribution in [0.25, 0.3) is 10.9 Å². The van der Waals surface area contributed by atoms with E-state index in [0.29, 0.717) is 17.5 Å². The molecule has 1 aromatic heterocycles. The summed E-state index contributed by atoms with van der Waals surface area (Å²) >= 11 is 11.7. The second kappa shape index (κ2) is 6.81. The number of rotatable bonds is 6. The molecule has 2 nitrogen and oxygen atoms in total. The lowest BCUT2D eigenvalue weighted by molar-refractivity contribution is 0.309. The van der Waals surface area contributed by atoms with Crippen molar-refractivity contribution >= 4 is 34.1 Å². The maximum Gasteiger partial charge on any atom is 0.145 e. The van der Waals surface area contributed by atoms with Crippen LogP contribution in [0.4, 0.5) is 0 Å². The Morgan fingerprint density at radius 2 is 2.00 bits per heavy atom. The van der Waals surface area contributed by atoms with Crippen LogP contribution in [-0.4, -0.2) is 17.5 Å². The van der Waals surface area contributed by atoms with Gasteiger partial charge in [0.2, 0.25) is 0 Å². The van der Waals surface area contributed by atoms with Crippen LogP contribution in [0.3, 0.4) is 0 Å². The van der Waals surface area contributed by atoms with E-state index in [1.165, 1.54) is 0 Å². The van der Waals surface area contributed by atoms with Gasteiger partial charge in [0, 0.05) is 17.5 Å². The molecule has 1 aromatic carbocycles. The number of benzene rings is 1. The third-order valence-electron chi connectivity index (χ3n) is 2.71. The standard InChI is InChI=1S/C14H15Cl2NO/c15-8-2-1-3-10-18-13-7-6-12(16)11-5-4-9-17-14(11)13/h4-7,9H,1-3,8,10H2. The van der Waals surface area contributed by atoms with Gasteiger partial charge in [-0.15, -0.1) is 11.6 Å². The molecule has 2 aromatic rings. The minimum atomic E-state index is 0.685. The highest BCUT2D eigenvalue weighted by Crippen LogP contribution is 2.29. The fraction of sp³-hybridized carbons (Fsp3) is 0.357. The van der Waals surface area contributed by atoms with Crippen molar-refractivity contribution in [3.05, 3.63) is 35.5 Å². The average Bonchev–Trinajstić information content (AvgIpc) is 2.41. The summed E-state index contributed by atoms with van der Waals surface area (Å²) in [5.74, 6) is 1.51. The number of ether oxygens (including phenoxy) is 1. The zero-order valence-electron chi connectivity index (χ0n) is 10.0.